The molecule has 0 amide bonds. The highest BCUT2D eigenvalue weighted by molar-refractivity contribution is 6.07. The lowest BCUT2D eigenvalue weighted by Crippen LogP contribution is -2.10. The molecule has 0 saturated carbocycles. The van der Waals surface area contributed by atoms with E-state index in [1.165, 1.54) is 19.2 Å². The van der Waals surface area contributed by atoms with Gasteiger partial charge in [-0.3, -0.25) is 9.78 Å². The van der Waals surface area contributed by atoms with Gasteiger partial charge in [0.1, 0.15) is 17.3 Å². The van der Waals surface area contributed by atoms with E-state index in [0.29, 0.717) is 6.07 Å². The fraction of sp³-hybridized carbons (Fsp3) is 0.0714. The van der Waals surface area contributed by atoms with E-state index >= 15 is 0 Å². The quantitative estimate of drug-likeness (QED) is 0.876. The monoisotopic (exact) mass is 277 g/mol. The number of nitrogens with zero attached hydrogens (tertiary/aromatic N) is 1. The number of carboxylic acid groups (broad SMARTS) is 1. The molecule has 2 aromatic rings. The molecule has 0 fully saturated rings. The highest BCUT2D eigenvalue weighted by atomic mass is 19.1. The molecule has 0 atom stereocenters. The lowest BCUT2D eigenvalue weighted by molar-refractivity contribution is 0.0692. The van der Waals surface area contributed by atoms with Gasteiger partial charge in [-0.15, -0.1) is 0 Å². The minimum atomic E-state index is -1.39. The normalized spacial score (nSPS) is 10.3. The maximum absolute atomic E-state index is 13.2. The number of pyridine rings is 1. The Labute approximate surface area is 112 Å². The maximum Gasteiger partial charge on any atom is 0.338 e. The molecule has 6 heteroatoms. The van der Waals surface area contributed by atoms with Crippen LogP contribution in [-0.4, -0.2) is 21.8 Å². The first kappa shape index (κ1) is 13.8. The zero-order valence-corrected chi connectivity index (χ0v) is 10.4. The summed E-state index contributed by atoms with van der Waals surface area (Å²) in [5.41, 5.74) is -0.550. The fourth-order valence-electron chi connectivity index (χ4n) is 1.90. The Morgan fingerprint density at radius 1 is 1.15 bits per heavy atom. The number of ketones is 1. The van der Waals surface area contributed by atoms with E-state index in [-0.39, 0.29) is 22.4 Å². The molecule has 2 rings (SSSR count). The van der Waals surface area contributed by atoms with Crippen molar-refractivity contribution in [2.24, 2.45) is 0 Å². The predicted molar refractivity (Wildman–Crippen MR) is 66.6 cm³/mol. The van der Waals surface area contributed by atoms with Gasteiger partial charge in [0.15, 0.2) is 5.78 Å². The van der Waals surface area contributed by atoms with Crippen LogP contribution >= 0.6 is 0 Å². The molecule has 0 aliphatic rings. The second-order valence-corrected chi connectivity index (χ2v) is 4.10. The first-order valence-electron chi connectivity index (χ1n) is 5.60. The summed E-state index contributed by atoms with van der Waals surface area (Å²) in [5.74, 6) is -3.60. The van der Waals surface area contributed by atoms with Gasteiger partial charge in [0.25, 0.3) is 0 Å². The second kappa shape index (κ2) is 5.16. The van der Waals surface area contributed by atoms with Crippen LogP contribution in [0.25, 0.3) is 11.1 Å². The molecule has 0 aliphatic heterocycles. The van der Waals surface area contributed by atoms with E-state index in [9.17, 15) is 23.5 Å². The summed E-state index contributed by atoms with van der Waals surface area (Å²) in [4.78, 5) is 26.4. The van der Waals surface area contributed by atoms with Crippen molar-refractivity contribution in [3.63, 3.8) is 0 Å². The summed E-state index contributed by atoms with van der Waals surface area (Å²) < 4.78 is 26.5. The molecule has 0 saturated heterocycles. The van der Waals surface area contributed by atoms with Crippen LogP contribution in [0.1, 0.15) is 27.8 Å². The number of carboxylic acids is 1. The van der Waals surface area contributed by atoms with E-state index in [0.717, 1.165) is 12.1 Å². The number of Topliss-reactive ketones (excluding diaryl/α,β-unsaturated/α-hetero) is 1. The number of rotatable bonds is 3. The third-order valence-corrected chi connectivity index (χ3v) is 2.67. The van der Waals surface area contributed by atoms with Gasteiger partial charge in [-0.2, -0.15) is 0 Å². The number of carbonyl (C=O) groups excluding carboxylic acids is 1. The lowest BCUT2D eigenvalue weighted by Gasteiger charge is -2.09. The summed E-state index contributed by atoms with van der Waals surface area (Å²) in [6, 6.07) is 3.96. The van der Waals surface area contributed by atoms with Crippen LogP contribution in [0, 0.1) is 11.6 Å². The molecule has 1 aromatic carbocycles. The number of hydrogen-bond acceptors (Lipinski definition) is 3. The molecule has 102 valence electrons. The molecule has 0 bridgehead atoms. The number of carbonyl (C=O) groups is 2. The Bertz CT molecular complexity index is 693. The molecular formula is C14H9F2NO3. The average Bonchev–Trinajstić information content (AvgIpc) is 2.36. The van der Waals surface area contributed by atoms with Gasteiger partial charge in [0, 0.05) is 24.8 Å². The van der Waals surface area contributed by atoms with Gasteiger partial charge in [-0.1, -0.05) is 0 Å². The molecule has 4 nitrogen and oxygen atoms in total. The van der Waals surface area contributed by atoms with Gasteiger partial charge in [0.2, 0.25) is 0 Å². The third kappa shape index (κ3) is 2.54. The van der Waals surface area contributed by atoms with Gasteiger partial charge in [-0.25, -0.2) is 13.6 Å². The third-order valence-electron chi connectivity index (χ3n) is 2.67. The van der Waals surface area contributed by atoms with Crippen LogP contribution in [-0.2, 0) is 0 Å². The SMILES string of the molecule is CC(=O)c1nccc(-c2cc(F)cc(F)c2)c1C(=O)O. The minimum Gasteiger partial charge on any atom is -0.478 e. The summed E-state index contributed by atoms with van der Waals surface area (Å²) in [5, 5.41) is 9.22. The first-order valence-corrected chi connectivity index (χ1v) is 5.60. The molecule has 0 aliphatic carbocycles. The van der Waals surface area contributed by atoms with Gasteiger partial charge in [-0.05, 0) is 23.8 Å². The maximum atomic E-state index is 13.2. The zero-order valence-electron chi connectivity index (χ0n) is 10.4. The number of hydrogen-bond donors (Lipinski definition) is 1. The van der Waals surface area contributed by atoms with E-state index in [1.54, 1.807) is 0 Å². The minimum absolute atomic E-state index is 0.0322. The molecule has 1 N–H and O–H groups in total. The van der Waals surface area contributed by atoms with Crippen molar-refractivity contribution in [2.45, 2.75) is 6.92 Å². The summed E-state index contributed by atoms with van der Waals surface area (Å²) >= 11 is 0. The Hall–Kier alpha value is -2.63. The molecule has 20 heavy (non-hydrogen) atoms. The number of aromatic carboxylic acids is 1. The molecule has 0 spiro atoms. The summed E-state index contributed by atoms with van der Waals surface area (Å²) in [6.45, 7) is 1.17. The van der Waals surface area contributed by atoms with Gasteiger partial charge in [0.05, 0.1) is 5.56 Å². The van der Waals surface area contributed by atoms with Crippen molar-refractivity contribution in [3.8, 4) is 11.1 Å². The van der Waals surface area contributed by atoms with Crippen LogP contribution in [0.3, 0.4) is 0 Å². The van der Waals surface area contributed by atoms with Crippen molar-refractivity contribution in [2.75, 3.05) is 0 Å². The highest BCUT2D eigenvalue weighted by Gasteiger charge is 2.21. The average molecular weight is 277 g/mol. The second-order valence-electron chi connectivity index (χ2n) is 4.10. The largest absolute Gasteiger partial charge is 0.478 e. The van der Waals surface area contributed by atoms with Crippen LogP contribution in [0.5, 0.6) is 0 Å². The zero-order chi connectivity index (χ0) is 14.9. The molecule has 1 heterocycles. The van der Waals surface area contributed by atoms with Gasteiger partial charge < -0.3 is 5.11 Å². The topological polar surface area (TPSA) is 67.3 Å². The van der Waals surface area contributed by atoms with E-state index in [1.807, 2.05) is 0 Å². The Balaban J connectivity index is 2.76. The van der Waals surface area contributed by atoms with Crippen molar-refractivity contribution in [1.29, 1.82) is 0 Å². The van der Waals surface area contributed by atoms with E-state index in [4.69, 9.17) is 0 Å². The van der Waals surface area contributed by atoms with E-state index in [2.05, 4.69) is 4.98 Å². The van der Waals surface area contributed by atoms with Gasteiger partial charge >= 0.3 is 5.97 Å². The Kier molecular flexibility index (Phi) is 3.56. The Morgan fingerprint density at radius 3 is 2.25 bits per heavy atom. The van der Waals surface area contributed by atoms with Crippen LogP contribution in [0.15, 0.2) is 30.5 Å². The van der Waals surface area contributed by atoms with Crippen molar-refractivity contribution in [1.82, 2.24) is 4.98 Å². The van der Waals surface area contributed by atoms with Crippen molar-refractivity contribution in [3.05, 3.63) is 53.4 Å². The standard InChI is InChI=1S/C14H9F2NO3/c1-7(18)13-12(14(19)20)11(2-3-17-13)8-4-9(15)6-10(16)5-8/h2-6H,1H3,(H,19,20). The summed E-state index contributed by atoms with van der Waals surface area (Å²) in [7, 11) is 0. The fourth-order valence-corrected chi connectivity index (χ4v) is 1.90. The molecule has 0 unspecified atom stereocenters. The molecule has 1 aromatic heterocycles. The number of benzene rings is 1. The number of halogens is 2. The highest BCUT2D eigenvalue weighted by Crippen LogP contribution is 2.27. The molecule has 0 radical (unpaired) electrons. The molecular weight excluding hydrogens is 268 g/mol. The predicted octanol–water partition coefficient (Wildman–Crippen LogP) is 2.93. The summed E-state index contributed by atoms with van der Waals surface area (Å²) in [6.07, 6.45) is 1.22. The smallest absolute Gasteiger partial charge is 0.338 e. The number of aromatic nitrogens is 1. The van der Waals surface area contributed by atoms with Crippen molar-refractivity contribution < 1.29 is 23.5 Å². The first-order chi connectivity index (χ1) is 9.40. The van der Waals surface area contributed by atoms with E-state index < -0.39 is 23.4 Å². The van der Waals surface area contributed by atoms with Crippen LogP contribution in [0.4, 0.5) is 8.78 Å². The Morgan fingerprint density at radius 2 is 1.75 bits per heavy atom. The van der Waals surface area contributed by atoms with Crippen LogP contribution in [0.2, 0.25) is 0 Å². The lowest BCUT2D eigenvalue weighted by atomic mass is 9.97. The van der Waals surface area contributed by atoms with Crippen molar-refractivity contribution >= 4 is 11.8 Å². The van der Waals surface area contributed by atoms with Crippen LogP contribution < -0.4 is 0 Å².